The monoisotopic (exact) mass is 464 g/mol. The molecular weight excluding hydrogens is 448 g/mol. The fraction of sp³-hybridized carbons (Fsp3) is 0.182. The Bertz CT molecular complexity index is 1080. The van der Waals surface area contributed by atoms with Crippen LogP contribution in [0.1, 0.15) is 0 Å². The van der Waals surface area contributed by atoms with Gasteiger partial charge >= 0.3 is 0 Å². The van der Waals surface area contributed by atoms with Crippen LogP contribution in [0.25, 0.3) is 0 Å². The predicted molar refractivity (Wildman–Crippen MR) is 116 cm³/mol. The molecule has 0 saturated carbocycles. The van der Waals surface area contributed by atoms with E-state index in [4.69, 9.17) is 0 Å². The summed E-state index contributed by atoms with van der Waals surface area (Å²) in [6.07, 6.45) is 5.15. The molecular formula is C22H17BrN4O3. The van der Waals surface area contributed by atoms with Crippen molar-refractivity contribution in [3.63, 3.8) is 0 Å². The number of nitrogens with zero attached hydrogens (tertiary/aromatic N) is 3. The number of fused-ring (bicyclic) bond motifs is 3. The van der Waals surface area contributed by atoms with Crippen LogP contribution in [-0.2, 0) is 14.4 Å². The molecule has 30 heavy (non-hydrogen) atoms. The molecule has 0 bridgehead atoms. The number of carbonyl (C=O) groups excluding carboxylic acids is 3. The minimum Gasteiger partial charge on any atom is -0.324 e. The van der Waals surface area contributed by atoms with E-state index in [9.17, 15) is 14.4 Å². The fourth-order valence-electron chi connectivity index (χ4n) is 4.42. The molecule has 1 N–H and O–H groups in total. The first kappa shape index (κ1) is 18.7. The van der Waals surface area contributed by atoms with Gasteiger partial charge in [0, 0.05) is 16.4 Å². The van der Waals surface area contributed by atoms with Gasteiger partial charge in [-0.25, -0.2) is 4.90 Å². The molecule has 3 amide bonds. The minimum absolute atomic E-state index is 0.306. The highest BCUT2D eigenvalue weighted by Gasteiger charge is 2.64. The van der Waals surface area contributed by atoms with E-state index in [1.54, 1.807) is 53.7 Å². The van der Waals surface area contributed by atoms with Crippen LogP contribution in [0.4, 0.5) is 11.4 Å². The summed E-state index contributed by atoms with van der Waals surface area (Å²) in [5.74, 6) is -2.52. The summed E-state index contributed by atoms with van der Waals surface area (Å²) >= 11 is 3.37. The molecule has 2 fully saturated rings. The van der Waals surface area contributed by atoms with E-state index in [1.165, 1.54) is 4.90 Å². The van der Waals surface area contributed by atoms with Gasteiger partial charge in [-0.1, -0.05) is 40.2 Å². The van der Waals surface area contributed by atoms with Crippen molar-refractivity contribution in [2.24, 2.45) is 16.9 Å². The number of halogens is 1. The number of anilines is 2. The van der Waals surface area contributed by atoms with E-state index in [2.05, 4.69) is 26.3 Å². The average molecular weight is 465 g/mol. The summed E-state index contributed by atoms with van der Waals surface area (Å²) in [5.41, 5.74) is 1.13. The average Bonchev–Trinajstić information content (AvgIpc) is 3.23. The van der Waals surface area contributed by atoms with Crippen molar-refractivity contribution < 1.29 is 14.4 Å². The molecule has 0 radical (unpaired) electrons. The van der Waals surface area contributed by atoms with Gasteiger partial charge in [0.25, 0.3) is 0 Å². The van der Waals surface area contributed by atoms with Crippen molar-refractivity contribution in [3.05, 3.63) is 71.2 Å². The molecule has 5 rings (SSSR count). The van der Waals surface area contributed by atoms with E-state index in [0.717, 1.165) is 4.47 Å². The van der Waals surface area contributed by atoms with Crippen molar-refractivity contribution >= 4 is 51.2 Å². The summed E-state index contributed by atoms with van der Waals surface area (Å²) in [6, 6.07) is 14.7. The van der Waals surface area contributed by atoms with Crippen LogP contribution in [-0.4, -0.2) is 41.0 Å². The SMILES string of the molecule is O=C(Nc1ccccc1)[C@H]1[C@H]2C(=O)N(c3ccc(Br)cc3)C(=O)[C@H]2[C@@H]2C=CC=NN21. The topological polar surface area (TPSA) is 82.1 Å². The van der Waals surface area contributed by atoms with Crippen molar-refractivity contribution in [2.45, 2.75) is 12.1 Å². The van der Waals surface area contributed by atoms with Crippen LogP contribution in [0.3, 0.4) is 0 Å². The van der Waals surface area contributed by atoms with Crippen molar-refractivity contribution in [1.29, 1.82) is 0 Å². The summed E-state index contributed by atoms with van der Waals surface area (Å²) < 4.78 is 0.849. The van der Waals surface area contributed by atoms with E-state index in [1.807, 2.05) is 24.3 Å². The Hall–Kier alpha value is -3.26. The third kappa shape index (κ3) is 2.87. The third-order valence-electron chi connectivity index (χ3n) is 5.69. The maximum atomic E-state index is 13.4. The Morgan fingerprint density at radius 1 is 0.967 bits per heavy atom. The number of hydrogen-bond donors (Lipinski definition) is 1. The molecule has 0 unspecified atom stereocenters. The lowest BCUT2D eigenvalue weighted by atomic mass is 9.88. The number of rotatable bonds is 3. The lowest BCUT2D eigenvalue weighted by Crippen LogP contribution is -2.47. The van der Waals surface area contributed by atoms with E-state index >= 15 is 0 Å². The lowest BCUT2D eigenvalue weighted by Gasteiger charge is -2.30. The van der Waals surface area contributed by atoms with Crippen molar-refractivity contribution in [3.8, 4) is 0 Å². The first-order valence-electron chi connectivity index (χ1n) is 9.54. The number of hydrogen-bond acceptors (Lipinski definition) is 5. The molecule has 3 aliphatic rings. The Kier molecular flexibility index (Phi) is 4.51. The van der Waals surface area contributed by atoms with Crippen molar-refractivity contribution in [2.75, 3.05) is 10.2 Å². The first-order valence-corrected chi connectivity index (χ1v) is 10.3. The summed E-state index contributed by atoms with van der Waals surface area (Å²) in [5, 5.41) is 8.77. The van der Waals surface area contributed by atoms with Crippen LogP contribution in [0.5, 0.6) is 0 Å². The molecule has 8 heteroatoms. The number of nitrogens with one attached hydrogen (secondary N) is 1. The summed E-state index contributed by atoms with van der Waals surface area (Å²) in [6.45, 7) is 0. The Morgan fingerprint density at radius 2 is 1.67 bits per heavy atom. The quantitative estimate of drug-likeness (QED) is 0.707. The molecule has 2 aromatic carbocycles. The number of allylic oxidation sites excluding steroid dienone is 1. The molecule has 150 valence electrons. The Labute approximate surface area is 181 Å². The highest BCUT2D eigenvalue weighted by atomic mass is 79.9. The van der Waals surface area contributed by atoms with E-state index in [0.29, 0.717) is 11.4 Å². The van der Waals surface area contributed by atoms with Gasteiger partial charge in [0.05, 0.1) is 23.6 Å². The molecule has 0 spiro atoms. The smallest absolute Gasteiger partial charge is 0.249 e. The molecule has 3 aliphatic heterocycles. The number of para-hydroxylation sites is 1. The number of imide groups is 1. The van der Waals surface area contributed by atoms with Gasteiger partial charge in [-0.15, -0.1) is 0 Å². The fourth-order valence-corrected chi connectivity index (χ4v) is 4.68. The van der Waals surface area contributed by atoms with Gasteiger partial charge in [0.15, 0.2) is 0 Å². The molecule has 0 aliphatic carbocycles. The van der Waals surface area contributed by atoms with Gasteiger partial charge < -0.3 is 5.32 Å². The van der Waals surface area contributed by atoms with Crippen LogP contribution in [0, 0.1) is 11.8 Å². The largest absolute Gasteiger partial charge is 0.324 e. The van der Waals surface area contributed by atoms with Crippen LogP contribution in [0.2, 0.25) is 0 Å². The molecule has 4 atom stereocenters. The highest BCUT2D eigenvalue weighted by Crippen LogP contribution is 2.45. The third-order valence-corrected chi connectivity index (χ3v) is 6.21. The van der Waals surface area contributed by atoms with E-state index in [-0.39, 0.29) is 17.7 Å². The molecule has 2 aromatic rings. The molecule has 7 nitrogen and oxygen atoms in total. The van der Waals surface area contributed by atoms with Gasteiger partial charge in [-0.3, -0.25) is 19.4 Å². The van der Waals surface area contributed by atoms with Gasteiger partial charge in [-0.2, -0.15) is 5.10 Å². The van der Waals surface area contributed by atoms with E-state index < -0.39 is 23.9 Å². The predicted octanol–water partition coefficient (Wildman–Crippen LogP) is 2.80. The normalized spacial score (nSPS) is 26.7. The van der Waals surface area contributed by atoms with Gasteiger partial charge in [0.1, 0.15) is 6.04 Å². The number of hydrazone groups is 1. The summed E-state index contributed by atoms with van der Waals surface area (Å²) in [7, 11) is 0. The molecule has 0 aromatic heterocycles. The lowest BCUT2D eigenvalue weighted by molar-refractivity contribution is -0.129. The van der Waals surface area contributed by atoms with Crippen LogP contribution < -0.4 is 10.2 Å². The van der Waals surface area contributed by atoms with Crippen LogP contribution >= 0.6 is 15.9 Å². The number of benzene rings is 2. The highest BCUT2D eigenvalue weighted by molar-refractivity contribution is 9.10. The minimum atomic E-state index is -0.877. The zero-order valence-electron chi connectivity index (χ0n) is 15.7. The number of carbonyl (C=O) groups is 3. The second-order valence-electron chi connectivity index (χ2n) is 7.36. The Balaban J connectivity index is 1.52. The maximum absolute atomic E-state index is 13.4. The molecule has 2 saturated heterocycles. The van der Waals surface area contributed by atoms with Crippen molar-refractivity contribution in [1.82, 2.24) is 5.01 Å². The second kappa shape index (κ2) is 7.21. The zero-order chi connectivity index (χ0) is 20.8. The van der Waals surface area contributed by atoms with Gasteiger partial charge in [-0.05, 0) is 42.5 Å². The molecule has 3 heterocycles. The standard InChI is InChI=1S/C22H17BrN4O3/c23-13-8-10-15(11-9-13)26-21(29)17-16-7-4-12-24-27(16)19(18(17)22(26)30)20(28)25-14-5-2-1-3-6-14/h1-12,16-19H,(H,25,28)/t16-,17-,18-,19+/m0/s1. The number of amides is 3. The van der Waals surface area contributed by atoms with Crippen LogP contribution in [0.15, 0.2) is 76.3 Å². The first-order chi connectivity index (χ1) is 14.6. The Morgan fingerprint density at radius 3 is 2.40 bits per heavy atom. The second-order valence-corrected chi connectivity index (χ2v) is 8.28. The zero-order valence-corrected chi connectivity index (χ0v) is 17.3. The summed E-state index contributed by atoms with van der Waals surface area (Å²) in [4.78, 5) is 41.1. The van der Waals surface area contributed by atoms with Gasteiger partial charge in [0.2, 0.25) is 17.7 Å². The maximum Gasteiger partial charge on any atom is 0.249 e.